The molecule has 2 aromatic carbocycles. The highest BCUT2D eigenvalue weighted by atomic mass is 35.5. The maximum absolute atomic E-state index is 14.1. The zero-order valence-electron chi connectivity index (χ0n) is 29.4. The Morgan fingerprint density at radius 2 is 1.32 bits per heavy atom. The Kier molecular flexibility index (Phi) is 13.3. The van der Waals surface area contributed by atoms with Gasteiger partial charge in [-0.2, -0.15) is 0 Å². The number of nitrogens with one attached hydrogen (secondary N) is 1. The first-order valence-electron chi connectivity index (χ1n) is 16.2. The van der Waals surface area contributed by atoms with E-state index in [1.165, 1.54) is 14.2 Å². The topological polar surface area (TPSA) is 134 Å². The Bertz CT molecular complexity index is 1880. The van der Waals surface area contributed by atoms with E-state index in [4.69, 9.17) is 38.4 Å². The molecule has 0 unspecified atom stereocenters. The van der Waals surface area contributed by atoms with Crippen molar-refractivity contribution in [1.82, 2.24) is 14.7 Å². The highest BCUT2D eigenvalue weighted by molar-refractivity contribution is 7.84. The number of nitrogens with two attached hydrogens (primary N) is 1. The molecule has 0 radical (unpaired) electrons. The molecule has 50 heavy (non-hydrogen) atoms. The van der Waals surface area contributed by atoms with Crippen molar-refractivity contribution >= 4 is 46.1 Å². The predicted molar refractivity (Wildman–Crippen MR) is 200 cm³/mol. The van der Waals surface area contributed by atoms with Crippen LogP contribution in [0, 0.1) is 20.8 Å². The summed E-state index contributed by atoms with van der Waals surface area (Å²) in [5.41, 5.74) is 15.1. The number of rotatable bonds is 14. The lowest BCUT2D eigenvalue weighted by molar-refractivity contribution is -0.142. The summed E-state index contributed by atoms with van der Waals surface area (Å²) in [4.78, 5) is 33.4. The minimum atomic E-state index is -1.63. The second kappa shape index (κ2) is 17.0. The second-order valence-electron chi connectivity index (χ2n) is 12.9. The zero-order valence-corrected chi connectivity index (χ0v) is 31.8. The van der Waals surface area contributed by atoms with Crippen molar-refractivity contribution < 1.29 is 23.3 Å². The molecule has 12 heteroatoms. The van der Waals surface area contributed by atoms with E-state index < -0.39 is 39.8 Å². The summed E-state index contributed by atoms with van der Waals surface area (Å²) in [5.74, 6) is -0.915. The first-order chi connectivity index (χ1) is 23.6. The Morgan fingerprint density at radius 3 is 1.92 bits per heavy atom. The smallest absolute Gasteiger partial charge is 0.307 e. The Labute approximate surface area is 306 Å². The van der Waals surface area contributed by atoms with Crippen molar-refractivity contribution in [2.24, 2.45) is 5.73 Å². The van der Waals surface area contributed by atoms with E-state index in [9.17, 15) is 13.8 Å². The first-order valence-corrected chi connectivity index (χ1v) is 18.1. The summed E-state index contributed by atoms with van der Waals surface area (Å²) >= 11 is 13.0. The fourth-order valence-electron chi connectivity index (χ4n) is 5.95. The Balaban J connectivity index is 1.61. The quantitative estimate of drug-likeness (QED) is 0.0987. The number of carbonyl (C=O) groups excluding carboxylic acids is 2. The van der Waals surface area contributed by atoms with E-state index in [-0.39, 0.29) is 23.1 Å². The van der Waals surface area contributed by atoms with Gasteiger partial charge in [0, 0.05) is 0 Å². The summed E-state index contributed by atoms with van der Waals surface area (Å²) in [6, 6.07) is 17.9. The molecule has 9 nitrogen and oxygen atoms in total. The molecule has 2 heterocycles. The fourth-order valence-corrected chi connectivity index (χ4v) is 7.45. The van der Waals surface area contributed by atoms with Crippen LogP contribution in [0.3, 0.4) is 0 Å². The van der Waals surface area contributed by atoms with Crippen molar-refractivity contribution in [3.05, 3.63) is 105 Å². The molecule has 266 valence electrons. The van der Waals surface area contributed by atoms with Gasteiger partial charge in [-0.05, 0) is 116 Å². The molecule has 0 saturated heterocycles. The minimum Gasteiger partial charge on any atom is -0.469 e. The summed E-state index contributed by atoms with van der Waals surface area (Å²) < 4.78 is 26.3. The SMILES string of the molecule is COC(=O)C[C@H](N[S@](=O)C(C)(C)CCc1cccc(C)c1-c1cc(Cl)nc([C@@H](N)CC(=O)OC)c1)c1cc(-c2c(C)cccc2C)cc(Cl)n1. The predicted octanol–water partition coefficient (Wildman–Crippen LogP) is 7.87. The van der Waals surface area contributed by atoms with Crippen molar-refractivity contribution in [2.45, 2.75) is 77.1 Å². The maximum atomic E-state index is 14.1. The lowest BCUT2D eigenvalue weighted by Gasteiger charge is -2.28. The van der Waals surface area contributed by atoms with Crippen LogP contribution in [0.1, 0.15) is 78.8 Å². The van der Waals surface area contributed by atoms with Gasteiger partial charge in [0.25, 0.3) is 0 Å². The molecule has 2 aromatic heterocycles. The van der Waals surface area contributed by atoms with Crippen molar-refractivity contribution in [1.29, 1.82) is 0 Å². The number of methoxy groups -OCH3 is 2. The number of ether oxygens (including phenoxy) is 2. The van der Waals surface area contributed by atoms with Gasteiger partial charge >= 0.3 is 11.9 Å². The van der Waals surface area contributed by atoms with E-state index in [1.54, 1.807) is 12.1 Å². The highest BCUT2D eigenvalue weighted by Gasteiger charge is 2.31. The van der Waals surface area contributed by atoms with Crippen LogP contribution in [-0.4, -0.2) is 45.1 Å². The van der Waals surface area contributed by atoms with Crippen LogP contribution in [0.5, 0.6) is 0 Å². The van der Waals surface area contributed by atoms with Gasteiger partial charge in [-0.15, -0.1) is 0 Å². The number of esters is 2. The molecule has 4 rings (SSSR count). The molecule has 0 aliphatic rings. The zero-order chi connectivity index (χ0) is 36.7. The normalized spacial score (nSPS) is 13.4. The third-order valence-electron chi connectivity index (χ3n) is 8.74. The number of carbonyl (C=O) groups is 2. The molecule has 0 saturated carbocycles. The maximum Gasteiger partial charge on any atom is 0.307 e. The van der Waals surface area contributed by atoms with E-state index in [0.717, 1.165) is 44.5 Å². The lowest BCUT2D eigenvalue weighted by Crippen LogP contribution is -2.39. The largest absolute Gasteiger partial charge is 0.469 e. The second-order valence-corrected chi connectivity index (χ2v) is 15.6. The number of hydrogen-bond acceptors (Lipinski definition) is 8. The van der Waals surface area contributed by atoms with Gasteiger partial charge in [-0.3, -0.25) is 9.59 Å². The van der Waals surface area contributed by atoms with Gasteiger partial charge in [0.2, 0.25) is 0 Å². The molecule has 0 bridgehead atoms. The minimum absolute atomic E-state index is 0.0363. The lowest BCUT2D eigenvalue weighted by atomic mass is 9.90. The van der Waals surface area contributed by atoms with E-state index >= 15 is 0 Å². The van der Waals surface area contributed by atoms with Gasteiger partial charge in [0.05, 0.1) is 66.3 Å². The molecular weight excluding hydrogens is 695 g/mol. The number of nitrogens with zero attached hydrogens (tertiary/aromatic N) is 2. The molecule has 0 aliphatic heterocycles. The number of aromatic nitrogens is 2. The molecule has 0 amide bonds. The van der Waals surface area contributed by atoms with Crippen LogP contribution in [0.4, 0.5) is 0 Å². The molecule has 3 atom stereocenters. The fraction of sp³-hybridized carbons (Fsp3) is 0.368. The van der Waals surface area contributed by atoms with E-state index in [1.807, 2.05) is 83.1 Å². The standard InChI is InChI=1S/C38H44Cl2N4O5S/c1-22-10-8-11-23(2)36(22)26-17-30(43-33(40)18-26)31(21-35(46)49-7)44-50(47)38(4,5)15-14-25-13-9-12-24(3)37(25)27-16-29(42-32(39)19-27)28(41)20-34(45)48-6/h8-13,16-19,28,31,44H,14-15,20-21,41H2,1-7H3/t28-,31-,50+/m0/s1. The number of hydrogen-bond donors (Lipinski definition) is 2. The third-order valence-corrected chi connectivity index (χ3v) is 10.8. The molecule has 3 N–H and O–H groups in total. The number of halogens is 2. The third kappa shape index (κ3) is 9.76. The number of benzene rings is 2. The van der Waals surface area contributed by atoms with Crippen LogP contribution in [-0.2, 0) is 36.5 Å². The van der Waals surface area contributed by atoms with Crippen molar-refractivity contribution in [3.63, 3.8) is 0 Å². The molecular formula is C38H44Cl2N4O5S. The van der Waals surface area contributed by atoms with Crippen molar-refractivity contribution in [3.8, 4) is 22.3 Å². The summed E-state index contributed by atoms with van der Waals surface area (Å²) in [5, 5.41) is 0.518. The van der Waals surface area contributed by atoms with Crippen LogP contribution < -0.4 is 10.5 Å². The number of aryl methyl sites for hydroxylation is 4. The molecule has 0 spiro atoms. The molecule has 0 fully saturated rings. The van der Waals surface area contributed by atoms with Crippen LogP contribution in [0.25, 0.3) is 22.3 Å². The Morgan fingerprint density at radius 1 is 0.820 bits per heavy atom. The monoisotopic (exact) mass is 738 g/mol. The van der Waals surface area contributed by atoms with Crippen LogP contribution in [0.2, 0.25) is 10.3 Å². The molecule has 4 aromatic rings. The average Bonchev–Trinajstić information content (AvgIpc) is 3.06. The van der Waals surface area contributed by atoms with Crippen LogP contribution >= 0.6 is 23.2 Å². The first kappa shape index (κ1) is 39.1. The van der Waals surface area contributed by atoms with Gasteiger partial charge < -0.3 is 15.2 Å². The Hall–Kier alpha value is -3.67. The van der Waals surface area contributed by atoms with Gasteiger partial charge in [-0.25, -0.2) is 18.9 Å². The number of pyridine rings is 2. The van der Waals surface area contributed by atoms with Gasteiger partial charge in [0.1, 0.15) is 10.3 Å². The molecule has 0 aliphatic carbocycles. The summed E-state index contributed by atoms with van der Waals surface area (Å²) in [6.07, 6.45) is 0.974. The van der Waals surface area contributed by atoms with E-state index in [2.05, 4.69) is 14.7 Å². The van der Waals surface area contributed by atoms with Crippen molar-refractivity contribution in [2.75, 3.05) is 14.2 Å². The summed E-state index contributed by atoms with van der Waals surface area (Å²) in [7, 11) is 1.00. The van der Waals surface area contributed by atoms with Gasteiger partial charge in [-0.1, -0.05) is 59.6 Å². The highest BCUT2D eigenvalue weighted by Crippen LogP contribution is 2.35. The van der Waals surface area contributed by atoms with Crippen LogP contribution in [0.15, 0.2) is 60.7 Å². The summed E-state index contributed by atoms with van der Waals surface area (Å²) in [6.45, 7) is 9.90. The van der Waals surface area contributed by atoms with E-state index in [0.29, 0.717) is 24.2 Å². The van der Waals surface area contributed by atoms with Gasteiger partial charge in [0.15, 0.2) is 0 Å². The average molecular weight is 740 g/mol.